The molecular weight excluding hydrogens is 496 g/mol. The lowest BCUT2D eigenvalue weighted by Crippen LogP contribution is -2.45. The van der Waals surface area contributed by atoms with Crippen molar-refractivity contribution in [3.8, 4) is 11.5 Å². The lowest BCUT2D eigenvalue weighted by molar-refractivity contribution is -0.147. The maximum atomic E-state index is 14.0. The van der Waals surface area contributed by atoms with Crippen LogP contribution in [0.4, 0.5) is 0 Å². The fraction of sp³-hybridized carbons (Fsp3) is 0.419. The number of pyridine rings is 1. The number of piperidine rings is 1. The Morgan fingerprint density at radius 3 is 2.46 bits per heavy atom. The zero-order valence-electron chi connectivity index (χ0n) is 23.0. The van der Waals surface area contributed by atoms with Gasteiger partial charge < -0.3 is 19.1 Å². The number of amides is 1. The van der Waals surface area contributed by atoms with E-state index >= 15 is 0 Å². The van der Waals surface area contributed by atoms with Gasteiger partial charge in [-0.2, -0.15) is 0 Å². The number of carbonyl (C=O) groups excluding carboxylic acids is 3. The van der Waals surface area contributed by atoms with E-state index in [1.54, 1.807) is 38.4 Å². The number of fused-ring (bicyclic) bond motifs is 1. The van der Waals surface area contributed by atoms with Crippen molar-refractivity contribution in [2.24, 2.45) is 17.8 Å². The first-order chi connectivity index (χ1) is 18.9. The van der Waals surface area contributed by atoms with Crippen molar-refractivity contribution >= 4 is 28.6 Å². The molecule has 0 spiro atoms. The topological polar surface area (TPSA) is 95.0 Å². The van der Waals surface area contributed by atoms with Gasteiger partial charge in [0.05, 0.1) is 20.8 Å². The second kappa shape index (κ2) is 12.7. The summed E-state index contributed by atoms with van der Waals surface area (Å²) < 4.78 is 16.3. The highest BCUT2D eigenvalue weighted by molar-refractivity contribution is 6.15. The van der Waals surface area contributed by atoms with Crippen molar-refractivity contribution in [2.45, 2.75) is 33.1 Å². The van der Waals surface area contributed by atoms with E-state index in [9.17, 15) is 14.4 Å². The fourth-order valence-corrected chi connectivity index (χ4v) is 5.53. The summed E-state index contributed by atoms with van der Waals surface area (Å²) in [6, 6.07) is 14.4. The Morgan fingerprint density at radius 1 is 1.03 bits per heavy atom. The molecule has 0 N–H and O–H groups in total. The molecule has 1 fully saturated rings. The molecule has 3 aromatic rings. The first-order valence-electron chi connectivity index (χ1n) is 13.5. The van der Waals surface area contributed by atoms with E-state index in [0.29, 0.717) is 59.5 Å². The number of rotatable bonds is 10. The van der Waals surface area contributed by atoms with Crippen molar-refractivity contribution in [3.05, 3.63) is 65.9 Å². The van der Waals surface area contributed by atoms with E-state index in [2.05, 4.69) is 11.9 Å². The molecule has 0 aliphatic carbocycles. The summed E-state index contributed by atoms with van der Waals surface area (Å²) in [6.07, 6.45) is 3.45. The number of hydrogen-bond donors (Lipinski definition) is 0. The normalized spacial score (nSPS) is 17.9. The molecule has 2 heterocycles. The summed E-state index contributed by atoms with van der Waals surface area (Å²) in [5, 5.41) is 0.559. The number of carbonyl (C=O) groups is 3. The Balaban J connectivity index is 1.61. The summed E-state index contributed by atoms with van der Waals surface area (Å²) >= 11 is 0. The zero-order chi connectivity index (χ0) is 27.9. The van der Waals surface area contributed by atoms with E-state index < -0.39 is 11.9 Å². The molecule has 8 nitrogen and oxygen atoms in total. The van der Waals surface area contributed by atoms with Crippen molar-refractivity contribution in [2.75, 3.05) is 33.9 Å². The molecule has 2 aromatic carbocycles. The first-order valence-corrected chi connectivity index (χ1v) is 13.5. The number of Topliss-reactive ketones (excluding diaryl/α,β-unsaturated/α-hetero) is 1. The van der Waals surface area contributed by atoms with Crippen LogP contribution >= 0.6 is 0 Å². The Labute approximate surface area is 229 Å². The molecule has 1 amide bonds. The summed E-state index contributed by atoms with van der Waals surface area (Å²) in [7, 11) is 3.07. The molecule has 206 valence electrons. The molecule has 1 aliphatic heterocycles. The third-order valence-electron chi connectivity index (χ3n) is 7.65. The quantitative estimate of drug-likeness (QED) is 0.201. The molecule has 4 rings (SSSR count). The standard InChI is InChI=1S/C31H36N2O6/c1-5-20-19-33(30(35)21-10-8-7-9-11-21)15-13-22(20)16-26(31(36)39-6-2)29(34)24-12-14-32-28-25(24)17-23(37-3)18-27(28)38-4/h7-12,14,17-18,20,22,26H,5-6,13,15-16,19H2,1-4H3/t20-,22-,26?/m0/s1. The van der Waals surface area contributed by atoms with Crippen molar-refractivity contribution in [3.63, 3.8) is 0 Å². The molecule has 39 heavy (non-hydrogen) atoms. The molecule has 8 heteroatoms. The monoisotopic (exact) mass is 532 g/mol. The van der Waals surface area contributed by atoms with Gasteiger partial charge in [0, 0.05) is 41.9 Å². The van der Waals surface area contributed by atoms with Crippen LogP contribution in [0, 0.1) is 17.8 Å². The summed E-state index contributed by atoms with van der Waals surface area (Å²) in [5.74, 6) is -0.548. The van der Waals surface area contributed by atoms with Gasteiger partial charge in [-0.15, -0.1) is 0 Å². The predicted octanol–water partition coefficient (Wildman–Crippen LogP) is 5.19. The second-order valence-corrected chi connectivity index (χ2v) is 9.82. The van der Waals surface area contributed by atoms with Gasteiger partial charge in [0.15, 0.2) is 5.78 Å². The lowest BCUT2D eigenvalue weighted by atomic mass is 9.76. The van der Waals surface area contributed by atoms with Crippen LogP contribution in [0.3, 0.4) is 0 Å². The highest BCUT2D eigenvalue weighted by Gasteiger charge is 2.38. The predicted molar refractivity (Wildman–Crippen MR) is 148 cm³/mol. The van der Waals surface area contributed by atoms with Crippen LogP contribution in [0.15, 0.2) is 54.7 Å². The number of ether oxygens (including phenoxy) is 3. The van der Waals surface area contributed by atoms with Gasteiger partial charge in [-0.25, -0.2) is 0 Å². The molecule has 1 aromatic heterocycles. The minimum absolute atomic E-state index is 0.0108. The molecule has 3 atom stereocenters. The van der Waals surface area contributed by atoms with E-state index in [0.717, 1.165) is 6.42 Å². The third-order valence-corrected chi connectivity index (χ3v) is 7.65. The van der Waals surface area contributed by atoms with Crippen LogP contribution in [0.5, 0.6) is 11.5 Å². The van der Waals surface area contributed by atoms with Crippen LogP contribution in [0.1, 0.15) is 53.8 Å². The van der Waals surface area contributed by atoms with E-state index in [4.69, 9.17) is 14.2 Å². The maximum absolute atomic E-state index is 14.0. The fourth-order valence-electron chi connectivity index (χ4n) is 5.53. The SMILES string of the molecule is CCOC(=O)C(C[C@@H]1CCN(C(=O)c2ccccc2)C[C@@H]1CC)C(=O)c1ccnc2c(OC)cc(OC)cc12. The van der Waals surface area contributed by atoms with Gasteiger partial charge in [0.1, 0.15) is 22.9 Å². The van der Waals surface area contributed by atoms with Gasteiger partial charge in [0.2, 0.25) is 0 Å². The Bertz CT molecular complexity index is 1330. The van der Waals surface area contributed by atoms with E-state index in [-0.39, 0.29) is 30.1 Å². The molecule has 1 saturated heterocycles. The van der Waals surface area contributed by atoms with Crippen molar-refractivity contribution in [1.82, 2.24) is 9.88 Å². The van der Waals surface area contributed by atoms with Gasteiger partial charge in [-0.3, -0.25) is 19.4 Å². The Morgan fingerprint density at radius 2 is 1.79 bits per heavy atom. The van der Waals surface area contributed by atoms with E-state index in [1.807, 2.05) is 35.2 Å². The van der Waals surface area contributed by atoms with Crippen LogP contribution in [-0.2, 0) is 9.53 Å². The van der Waals surface area contributed by atoms with E-state index in [1.165, 1.54) is 7.11 Å². The number of nitrogens with zero attached hydrogens (tertiary/aromatic N) is 2. The summed E-state index contributed by atoms with van der Waals surface area (Å²) in [5.41, 5.74) is 1.56. The highest BCUT2D eigenvalue weighted by Crippen LogP contribution is 2.36. The Hall–Kier alpha value is -3.94. The molecule has 1 unspecified atom stereocenters. The van der Waals surface area contributed by atoms with Gasteiger partial charge in [-0.05, 0) is 55.9 Å². The molecule has 1 aliphatic rings. The van der Waals surface area contributed by atoms with Gasteiger partial charge >= 0.3 is 5.97 Å². The van der Waals surface area contributed by atoms with Crippen molar-refractivity contribution < 1.29 is 28.6 Å². The van der Waals surface area contributed by atoms with Crippen LogP contribution in [0.25, 0.3) is 10.9 Å². The molecular formula is C31H36N2O6. The Kier molecular flexibility index (Phi) is 9.17. The summed E-state index contributed by atoms with van der Waals surface area (Å²) in [6.45, 7) is 5.17. The second-order valence-electron chi connectivity index (χ2n) is 9.82. The number of ketones is 1. The minimum atomic E-state index is -0.969. The highest BCUT2D eigenvalue weighted by atomic mass is 16.5. The average Bonchev–Trinajstić information content (AvgIpc) is 2.98. The zero-order valence-corrected chi connectivity index (χ0v) is 23.0. The maximum Gasteiger partial charge on any atom is 0.316 e. The number of likely N-dealkylation sites (tertiary alicyclic amines) is 1. The number of methoxy groups -OCH3 is 2. The number of benzene rings is 2. The van der Waals surface area contributed by atoms with Gasteiger partial charge in [-0.1, -0.05) is 31.5 Å². The number of esters is 1. The van der Waals surface area contributed by atoms with Crippen molar-refractivity contribution in [1.29, 1.82) is 0 Å². The third kappa shape index (κ3) is 6.05. The first kappa shape index (κ1) is 28.1. The average molecular weight is 533 g/mol. The minimum Gasteiger partial charge on any atom is -0.497 e. The molecule has 0 bridgehead atoms. The number of aromatic nitrogens is 1. The largest absolute Gasteiger partial charge is 0.497 e. The van der Waals surface area contributed by atoms with Crippen LogP contribution in [0.2, 0.25) is 0 Å². The number of hydrogen-bond acceptors (Lipinski definition) is 7. The van der Waals surface area contributed by atoms with Gasteiger partial charge in [0.25, 0.3) is 5.91 Å². The molecule has 0 radical (unpaired) electrons. The molecule has 0 saturated carbocycles. The smallest absolute Gasteiger partial charge is 0.316 e. The van der Waals surface area contributed by atoms with Crippen LogP contribution < -0.4 is 9.47 Å². The summed E-state index contributed by atoms with van der Waals surface area (Å²) in [4.78, 5) is 46.6. The van der Waals surface area contributed by atoms with Crippen LogP contribution in [-0.4, -0.2) is 61.5 Å². The lowest BCUT2D eigenvalue weighted by Gasteiger charge is -2.39.